The quantitative estimate of drug-likeness (QED) is 0.800. The Morgan fingerprint density at radius 3 is 2.50 bits per heavy atom. The van der Waals surface area contributed by atoms with Crippen LogP contribution in [0, 0.1) is 0 Å². The van der Waals surface area contributed by atoms with E-state index < -0.39 is 24.2 Å². The molecule has 1 aromatic heterocycles. The molecule has 0 radical (unpaired) electrons. The molecular weight excluding hydrogens is 409 g/mol. The first-order valence-electron chi connectivity index (χ1n) is 6.73. The highest BCUT2D eigenvalue weighted by Gasteiger charge is 2.63. The summed E-state index contributed by atoms with van der Waals surface area (Å²) >= 11 is 4.22. The Labute approximate surface area is 147 Å². The van der Waals surface area contributed by atoms with Crippen LogP contribution < -0.4 is 0 Å². The van der Waals surface area contributed by atoms with Crippen LogP contribution in [0.1, 0.15) is 21.7 Å². The molecule has 126 valence electrons. The molecule has 0 spiro atoms. The van der Waals surface area contributed by atoms with Gasteiger partial charge in [0.15, 0.2) is 0 Å². The van der Waals surface area contributed by atoms with Crippen LogP contribution in [0.5, 0.6) is 0 Å². The standard InChI is InChI=1S/C15H10BrF3N2O2S/c16-10-5-3-9(4-6-10)11-8-14(23,15(17,18)19)21(20-11)13(22)12-2-1-7-24-12/h1-7,23H,8H2. The minimum Gasteiger partial charge on any atom is -0.362 e. The number of alkyl halides is 3. The van der Waals surface area contributed by atoms with E-state index >= 15 is 0 Å². The fraction of sp³-hybridized carbons (Fsp3) is 0.200. The Bertz CT molecular complexity index is 790. The third-order valence-corrected chi connectivity index (χ3v) is 4.93. The molecule has 3 rings (SSSR count). The van der Waals surface area contributed by atoms with Crippen LogP contribution in [0.15, 0.2) is 51.4 Å². The molecule has 4 nitrogen and oxygen atoms in total. The number of carbonyl (C=O) groups excluding carboxylic acids is 1. The van der Waals surface area contributed by atoms with Crippen molar-refractivity contribution in [3.63, 3.8) is 0 Å². The van der Waals surface area contributed by atoms with Gasteiger partial charge in [-0.2, -0.15) is 23.3 Å². The number of benzene rings is 1. The van der Waals surface area contributed by atoms with Crippen molar-refractivity contribution >= 4 is 38.9 Å². The number of hydrogen-bond acceptors (Lipinski definition) is 4. The summed E-state index contributed by atoms with van der Waals surface area (Å²) < 4.78 is 41.0. The number of aliphatic hydroxyl groups is 1. The summed E-state index contributed by atoms with van der Waals surface area (Å²) in [5.41, 5.74) is -2.97. The van der Waals surface area contributed by atoms with Gasteiger partial charge < -0.3 is 5.11 Å². The fourth-order valence-corrected chi connectivity index (χ4v) is 3.20. The van der Waals surface area contributed by atoms with Crippen LogP contribution >= 0.6 is 27.3 Å². The van der Waals surface area contributed by atoms with Crippen LogP contribution in [0.4, 0.5) is 13.2 Å². The zero-order chi connectivity index (χ0) is 17.5. The monoisotopic (exact) mass is 418 g/mol. The highest BCUT2D eigenvalue weighted by Crippen LogP contribution is 2.42. The minimum absolute atomic E-state index is 0.00719. The van der Waals surface area contributed by atoms with Gasteiger partial charge in [-0.25, -0.2) is 0 Å². The van der Waals surface area contributed by atoms with E-state index in [2.05, 4.69) is 21.0 Å². The number of halogens is 4. The van der Waals surface area contributed by atoms with Gasteiger partial charge in [-0.1, -0.05) is 34.1 Å². The van der Waals surface area contributed by atoms with Crippen molar-refractivity contribution < 1.29 is 23.1 Å². The van der Waals surface area contributed by atoms with Crippen LogP contribution in [0.3, 0.4) is 0 Å². The lowest BCUT2D eigenvalue weighted by Gasteiger charge is -2.32. The number of carbonyl (C=O) groups is 1. The zero-order valence-electron chi connectivity index (χ0n) is 11.9. The van der Waals surface area contributed by atoms with Crippen LogP contribution in [0.2, 0.25) is 0 Å². The van der Waals surface area contributed by atoms with E-state index in [4.69, 9.17) is 0 Å². The fourth-order valence-electron chi connectivity index (χ4n) is 2.29. The highest BCUT2D eigenvalue weighted by atomic mass is 79.9. The molecular formula is C15H10BrF3N2O2S. The molecule has 24 heavy (non-hydrogen) atoms. The SMILES string of the molecule is O=C(c1cccs1)N1N=C(c2ccc(Br)cc2)CC1(O)C(F)(F)F. The molecule has 0 fully saturated rings. The Kier molecular flexibility index (Phi) is 4.27. The molecule has 0 bridgehead atoms. The lowest BCUT2D eigenvalue weighted by molar-refractivity contribution is -0.297. The van der Waals surface area contributed by atoms with Gasteiger partial charge in [0, 0.05) is 4.47 Å². The Morgan fingerprint density at radius 1 is 1.29 bits per heavy atom. The average Bonchev–Trinajstić information content (AvgIpc) is 3.15. The van der Waals surface area contributed by atoms with Gasteiger partial charge in [0.2, 0.25) is 0 Å². The minimum atomic E-state index is -5.04. The number of thiophene rings is 1. The number of hydrogen-bond donors (Lipinski definition) is 1. The van der Waals surface area contributed by atoms with Crippen molar-refractivity contribution in [2.75, 3.05) is 0 Å². The Balaban J connectivity index is 2.03. The van der Waals surface area contributed by atoms with Crippen molar-refractivity contribution in [2.24, 2.45) is 5.10 Å². The zero-order valence-corrected chi connectivity index (χ0v) is 14.3. The van der Waals surface area contributed by atoms with Crippen molar-refractivity contribution in [1.29, 1.82) is 0 Å². The van der Waals surface area contributed by atoms with Gasteiger partial charge >= 0.3 is 6.18 Å². The summed E-state index contributed by atoms with van der Waals surface area (Å²) in [5.74, 6) is -0.989. The largest absolute Gasteiger partial charge is 0.438 e. The molecule has 2 aromatic rings. The second-order valence-electron chi connectivity index (χ2n) is 5.14. The summed E-state index contributed by atoms with van der Waals surface area (Å²) in [7, 11) is 0. The molecule has 9 heteroatoms. The van der Waals surface area contributed by atoms with E-state index in [1.807, 2.05) is 0 Å². The third kappa shape index (κ3) is 2.87. The van der Waals surface area contributed by atoms with Gasteiger partial charge in [-0.15, -0.1) is 11.3 Å². The molecule has 1 aliphatic rings. The van der Waals surface area contributed by atoms with Crippen molar-refractivity contribution in [2.45, 2.75) is 18.3 Å². The van der Waals surface area contributed by atoms with E-state index in [9.17, 15) is 23.1 Å². The maximum Gasteiger partial charge on any atom is 0.438 e. The van der Waals surface area contributed by atoms with Gasteiger partial charge in [-0.3, -0.25) is 4.79 Å². The number of amides is 1. The van der Waals surface area contributed by atoms with Crippen LogP contribution in [-0.4, -0.2) is 33.6 Å². The van der Waals surface area contributed by atoms with Gasteiger partial charge in [0.05, 0.1) is 17.0 Å². The molecule has 1 N–H and O–H groups in total. The molecule has 1 atom stereocenters. The molecule has 1 aromatic carbocycles. The predicted molar refractivity (Wildman–Crippen MR) is 86.8 cm³/mol. The maximum atomic E-state index is 13.4. The van der Waals surface area contributed by atoms with Crippen molar-refractivity contribution in [3.8, 4) is 0 Å². The second-order valence-corrected chi connectivity index (χ2v) is 7.00. The lowest BCUT2D eigenvalue weighted by atomic mass is 10.0. The van der Waals surface area contributed by atoms with Crippen LogP contribution in [0.25, 0.3) is 0 Å². The third-order valence-electron chi connectivity index (χ3n) is 3.54. The topological polar surface area (TPSA) is 52.9 Å². The van der Waals surface area contributed by atoms with Crippen molar-refractivity contribution in [1.82, 2.24) is 5.01 Å². The summed E-state index contributed by atoms with van der Waals surface area (Å²) in [6.45, 7) is 0. The first-order valence-corrected chi connectivity index (χ1v) is 8.40. The predicted octanol–water partition coefficient (Wildman–Crippen LogP) is 4.01. The summed E-state index contributed by atoms with van der Waals surface area (Å²) in [6.07, 6.45) is -5.87. The second kappa shape index (κ2) is 5.98. The molecule has 2 heterocycles. The Hall–Kier alpha value is -1.71. The lowest BCUT2D eigenvalue weighted by Crippen LogP contribution is -2.56. The van der Waals surface area contributed by atoms with E-state index in [1.54, 1.807) is 35.7 Å². The van der Waals surface area contributed by atoms with Crippen molar-refractivity contribution in [3.05, 3.63) is 56.7 Å². The summed E-state index contributed by atoms with van der Waals surface area (Å²) in [5, 5.41) is 15.7. The van der Waals surface area contributed by atoms with E-state index in [0.717, 1.165) is 15.8 Å². The van der Waals surface area contributed by atoms with Crippen LogP contribution in [-0.2, 0) is 0 Å². The molecule has 1 unspecified atom stereocenters. The van der Waals surface area contributed by atoms with E-state index in [0.29, 0.717) is 5.56 Å². The van der Waals surface area contributed by atoms with Gasteiger partial charge in [0.1, 0.15) is 0 Å². The summed E-state index contributed by atoms with van der Waals surface area (Å²) in [4.78, 5) is 12.4. The molecule has 0 saturated carbocycles. The average molecular weight is 419 g/mol. The highest BCUT2D eigenvalue weighted by molar-refractivity contribution is 9.10. The van der Waals surface area contributed by atoms with E-state index in [1.165, 1.54) is 6.07 Å². The van der Waals surface area contributed by atoms with Gasteiger partial charge in [-0.05, 0) is 29.1 Å². The smallest absolute Gasteiger partial charge is 0.362 e. The number of rotatable bonds is 2. The molecule has 1 aliphatic heterocycles. The summed E-state index contributed by atoms with van der Waals surface area (Å²) in [6, 6.07) is 9.36. The number of nitrogens with zero attached hydrogens (tertiary/aromatic N) is 2. The maximum absolute atomic E-state index is 13.4. The first-order chi connectivity index (χ1) is 11.2. The molecule has 1 amide bonds. The molecule has 0 aliphatic carbocycles. The molecule has 0 saturated heterocycles. The first kappa shape index (κ1) is 17.1. The normalized spacial score (nSPS) is 21.0. The number of hydrazone groups is 1. The Morgan fingerprint density at radius 2 is 1.96 bits per heavy atom. The van der Waals surface area contributed by atoms with E-state index in [-0.39, 0.29) is 15.6 Å². The van der Waals surface area contributed by atoms with Gasteiger partial charge in [0.25, 0.3) is 11.6 Å².